The Morgan fingerprint density at radius 1 is 1.12 bits per heavy atom. The molecule has 2 aromatic carbocycles. The zero-order chi connectivity index (χ0) is 17.5. The minimum atomic E-state index is -0.814. The number of amides is 1. The van der Waals surface area contributed by atoms with E-state index in [1.807, 2.05) is 0 Å². The average Bonchev–Trinajstić information content (AvgIpc) is 2.56. The van der Waals surface area contributed by atoms with Crippen molar-refractivity contribution in [3.05, 3.63) is 69.7 Å². The molecule has 0 aliphatic heterocycles. The number of halogens is 3. The lowest BCUT2D eigenvalue weighted by atomic mass is 10.1. The van der Waals surface area contributed by atoms with Crippen LogP contribution < -0.4 is 5.32 Å². The Morgan fingerprint density at radius 3 is 2.62 bits per heavy atom. The summed E-state index contributed by atoms with van der Waals surface area (Å²) >= 11 is 3.11. The van der Waals surface area contributed by atoms with E-state index in [-0.39, 0.29) is 17.9 Å². The maximum atomic E-state index is 13.4. The Labute approximate surface area is 145 Å². The van der Waals surface area contributed by atoms with Crippen molar-refractivity contribution in [2.75, 3.05) is 13.2 Å². The van der Waals surface area contributed by atoms with E-state index in [9.17, 15) is 18.4 Å². The van der Waals surface area contributed by atoms with Crippen LogP contribution in [0.4, 0.5) is 8.78 Å². The molecule has 2 rings (SSSR count). The van der Waals surface area contributed by atoms with Crippen molar-refractivity contribution in [3.63, 3.8) is 0 Å². The number of nitrogens with one attached hydrogen (secondary N) is 1. The fraction of sp³-hybridized carbons (Fsp3) is 0.176. The summed E-state index contributed by atoms with van der Waals surface area (Å²) in [6.07, 6.45) is 0.321. The van der Waals surface area contributed by atoms with Crippen molar-refractivity contribution in [3.8, 4) is 0 Å². The standard InChI is InChI=1S/C17H14BrF2NO3/c18-14-6-5-12(19)9-13(14)17(23)24-10-16(22)21-8-7-11-3-1-2-4-15(11)20/h1-6,9H,7-8,10H2,(H,21,22). The van der Waals surface area contributed by atoms with Crippen molar-refractivity contribution in [1.29, 1.82) is 0 Å². The molecule has 0 atom stereocenters. The van der Waals surface area contributed by atoms with E-state index in [1.165, 1.54) is 18.2 Å². The summed E-state index contributed by atoms with van der Waals surface area (Å²) in [7, 11) is 0. The highest BCUT2D eigenvalue weighted by atomic mass is 79.9. The predicted molar refractivity (Wildman–Crippen MR) is 87.5 cm³/mol. The molecule has 1 N–H and O–H groups in total. The van der Waals surface area contributed by atoms with Crippen LogP contribution >= 0.6 is 15.9 Å². The summed E-state index contributed by atoms with van der Waals surface area (Å²) in [6.45, 7) is -0.292. The molecule has 4 nitrogen and oxygen atoms in total. The maximum absolute atomic E-state index is 13.4. The van der Waals surface area contributed by atoms with Crippen LogP contribution in [0.3, 0.4) is 0 Å². The Balaban J connectivity index is 1.78. The summed E-state index contributed by atoms with van der Waals surface area (Å²) in [4.78, 5) is 23.5. The first kappa shape index (κ1) is 18.1. The number of hydrogen-bond donors (Lipinski definition) is 1. The van der Waals surface area contributed by atoms with Gasteiger partial charge < -0.3 is 10.1 Å². The van der Waals surface area contributed by atoms with Gasteiger partial charge in [0.15, 0.2) is 6.61 Å². The molecule has 0 saturated heterocycles. The third-order valence-corrected chi connectivity index (χ3v) is 3.85. The van der Waals surface area contributed by atoms with Crippen LogP contribution in [-0.2, 0) is 16.0 Å². The zero-order valence-corrected chi connectivity index (χ0v) is 14.1. The lowest BCUT2D eigenvalue weighted by Gasteiger charge is -2.08. The number of carbonyl (C=O) groups is 2. The molecular formula is C17H14BrF2NO3. The van der Waals surface area contributed by atoms with Crippen molar-refractivity contribution < 1.29 is 23.1 Å². The van der Waals surface area contributed by atoms with Crippen molar-refractivity contribution in [2.45, 2.75) is 6.42 Å². The molecule has 0 saturated carbocycles. The molecule has 7 heteroatoms. The highest BCUT2D eigenvalue weighted by Gasteiger charge is 2.14. The second-order valence-electron chi connectivity index (χ2n) is 4.89. The molecule has 0 unspecified atom stereocenters. The van der Waals surface area contributed by atoms with Crippen LogP contribution in [0, 0.1) is 11.6 Å². The molecular weight excluding hydrogens is 384 g/mol. The van der Waals surface area contributed by atoms with E-state index in [0.29, 0.717) is 16.5 Å². The third kappa shape index (κ3) is 5.13. The van der Waals surface area contributed by atoms with E-state index in [1.54, 1.807) is 18.2 Å². The van der Waals surface area contributed by atoms with Gasteiger partial charge >= 0.3 is 5.97 Å². The van der Waals surface area contributed by atoms with Gasteiger partial charge in [0.2, 0.25) is 0 Å². The van der Waals surface area contributed by atoms with E-state index < -0.39 is 24.3 Å². The van der Waals surface area contributed by atoms with Gasteiger partial charge in [-0.2, -0.15) is 0 Å². The lowest BCUT2D eigenvalue weighted by molar-refractivity contribution is -0.124. The van der Waals surface area contributed by atoms with Crippen LogP contribution in [-0.4, -0.2) is 25.0 Å². The molecule has 0 spiro atoms. The van der Waals surface area contributed by atoms with Gasteiger partial charge in [0.25, 0.3) is 5.91 Å². The predicted octanol–water partition coefficient (Wildman–Crippen LogP) is 3.24. The lowest BCUT2D eigenvalue weighted by Crippen LogP contribution is -2.30. The van der Waals surface area contributed by atoms with Crippen molar-refractivity contribution in [1.82, 2.24) is 5.32 Å². The molecule has 0 aromatic heterocycles. The minimum Gasteiger partial charge on any atom is -0.452 e. The number of rotatable bonds is 6. The second-order valence-corrected chi connectivity index (χ2v) is 5.75. The van der Waals surface area contributed by atoms with E-state index in [4.69, 9.17) is 4.74 Å². The van der Waals surface area contributed by atoms with Gasteiger partial charge in [-0.3, -0.25) is 4.79 Å². The number of benzene rings is 2. The normalized spacial score (nSPS) is 10.3. The first-order valence-electron chi connectivity index (χ1n) is 7.09. The third-order valence-electron chi connectivity index (χ3n) is 3.16. The SMILES string of the molecule is O=C(COC(=O)c1cc(F)ccc1Br)NCCc1ccccc1F. The summed E-state index contributed by atoms with van der Waals surface area (Å²) in [5, 5.41) is 2.52. The highest BCUT2D eigenvalue weighted by molar-refractivity contribution is 9.10. The number of esters is 1. The van der Waals surface area contributed by atoms with Crippen molar-refractivity contribution >= 4 is 27.8 Å². The van der Waals surface area contributed by atoms with Crippen LogP contribution in [0.15, 0.2) is 46.9 Å². The molecule has 0 aliphatic carbocycles. The average molecular weight is 398 g/mol. The van der Waals surface area contributed by atoms with Gasteiger partial charge in [0.05, 0.1) is 5.56 Å². The Bertz CT molecular complexity index is 752. The molecule has 0 aliphatic rings. The summed E-state index contributed by atoms with van der Waals surface area (Å²) in [5.74, 6) is -2.26. The summed E-state index contributed by atoms with van der Waals surface area (Å²) in [5.41, 5.74) is 0.479. The van der Waals surface area contributed by atoms with Gasteiger partial charge in [-0.05, 0) is 52.2 Å². The number of hydrogen-bond acceptors (Lipinski definition) is 3. The fourth-order valence-electron chi connectivity index (χ4n) is 1.95. The van der Waals surface area contributed by atoms with Gasteiger partial charge in [-0.1, -0.05) is 18.2 Å². The summed E-state index contributed by atoms with van der Waals surface area (Å²) in [6, 6.07) is 9.85. The molecule has 0 heterocycles. The first-order valence-corrected chi connectivity index (χ1v) is 7.89. The molecule has 126 valence electrons. The summed E-state index contributed by atoms with van der Waals surface area (Å²) < 4.78 is 31.7. The zero-order valence-electron chi connectivity index (χ0n) is 12.5. The largest absolute Gasteiger partial charge is 0.452 e. The highest BCUT2D eigenvalue weighted by Crippen LogP contribution is 2.18. The van der Waals surface area contributed by atoms with E-state index in [0.717, 1.165) is 6.07 Å². The van der Waals surface area contributed by atoms with Gasteiger partial charge in [0.1, 0.15) is 11.6 Å². The molecule has 0 bridgehead atoms. The Morgan fingerprint density at radius 2 is 1.88 bits per heavy atom. The van der Waals surface area contributed by atoms with Gasteiger partial charge in [0, 0.05) is 11.0 Å². The molecule has 0 radical (unpaired) electrons. The monoisotopic (exact) mass is 397 g/mol. The molecule has 0 fully saturated rings. The number of ether oxygens (including phenoxy) is 1. The van der Waals surface area contributed by atoms with Crippen LogP contribution in [0.2, 0.25) is 0 Å². The number of carbonyl (C=O) groups excluding carboxylic acids is 2. The van der Waals surface area contributed by atoms with Crippen molar-refractivity contribution in [2.24, 2.45) is 0 Å². The van der Waals surface area contributed by atoms with Gasteiger partial charge in [-0.15, -0.1) is 0 Å². The first-order chi connectivity index (χ1) is 11.5. The topological polar surface area (TPSA) is 55.4 Å². The van der Waals surface area contributed by atoms with Crippen LogP contribution in [0.1, 0.15) is 15.9 Å². The van der Waals surface area contributed by atoms with Gasteiger partial charge in [-0.25, -0.2) is 13.6 Å². The fourth-order valence-corrected chi connectivity index (χ4v) is 2.36. The minimum absolute atomic E-state index is 0.00541. The molecule has 24 heavy (non-hydrogen) atoms. The Hall–Kier alpha value is -2.28. The van der Waals surface area contributed by atoms with Crippen LogP contribution in [0.25, 0.3) is 0 Å². The quantitative estimate of drug-likeness (QED) is 0.761. The van der Waals surface area contributed by atoms with E-state index >= 15 is 0 Å². The molecule has 1 amide bonds. The molecule has 2 aromatic rings. The van der Waals surface area contributed by atoms with Crippen LogP contribution in [0.5, 0.6) is 0 Å². The smallest absolute Gasteiger partial charge is 0.339 e. The van der Waals surface area contributed by atoms with E-state index in [2.05, 4.69) is 21.2 Å². The second kappa shape index (κ2) is 8.54. The Kier molecular flexibility index (Phi) is 6.43. The maximum Gasteiger partial charge on any atom is 0.339 e.